The Bertz CT molecular complexity index is 632. The lowest BCUT2D eigenvalue weighted by Gasteiger charge is -2.38. The van der Waals surface area contributed by atoms with Gasteiger partial charge in [0.2, 0.25) is 12.7 Å². The molecule has 1 aromatic carbocycles. The van der Waals surface area contributed by atoms with Gasteiger partial charge in [-0.1, -0.05) is 6.07 Å². The van der Waals surface area contributed by atoms with E-state index in [0.29, 0.717) is 19.0 Å². The van der Waals surface area contributed by atoms with Gasteiger partial charge in [0.05, 0.1) is 19.3 Å². The molecule has 2 fully saturated rings. The van der Waals surface area contributed by atoms with Crippen molar-refractivity contribution in [1.82, 2.24) is 4.90 Å². The number of amides is 1. The number of rotatable bonds is 5. The number of likely N-dealkylation sites (tertiary alicyclic amines) is 1. The van der Waals surface area contributed by atoms with Crippen LogP contribution >= 0.6 is 0 Å². The highest BCUT2D eigenvalue weighted by molar-refractivity contribution is 5.92. The summed E-state index contributed by atoms with van der Waals surface area (Å²) >= 11 is 0. The SMILES string of the molecule is O=C(/C=C/c1ccc2c(c1)OCO2)N1CC(OCC2CCOC2)C1. The van der Waals surface area contributed by atoms with Crippen LogP contribution in [0.5, 0.6) is 11.5 Å². The zero-order chi connectivity index (χ0) is 16.4. The highest BCUT2D eigenvalue weighted by Gasteiger charge is 2.31. The molecule has 0 aliphatic carbocycles. The van der Waals surface area contributed by atoms with Crippen LogP contribution in [0.2, 0.25) is 0 Å². The molecule has 3 aliphatic heterocycles. The van der Waals surface area contributed by atoms with E-state index in [1.165, 1.54) is 0 Å². The average Bonchev–Trinajstić information content (AvgIpc) is 3.22. The van der Waals surface area contributed by atoms with Crippen LogP contribution in [-0.4, -0.2) is 56.6 Å². The maximum absolute atomic E-state index is 12.1. The molecule has 3 aliphatic rings. The Labute approximate surface area is 140 Å². The van der Waals surface area contributed by atoms with E-state index in [-0.39, 0.29) is 18.8 Å². The molecule has 1 amide bonds. The molecule has 128 valence electrons. The zero-order valence-electron chi connectivity index (χ0n) is 13.5. The minimum atomic E-state index is 0.0108. The van der Waals surface area contributed by atoms with E-state index < -0.39 is 0 Å². The second-order valence-corrected chi connectivity index (χ2v) is 6.37. The number of nitrogens with zero attached hydrogens (tertiary/aromatic N) is 1. The lowest BCUT2D eigenvalue weighted by Crippen LogP contribution is -2.54. The van der Waals surface area contributed by atoms with E-state index in [9.17, 15) is 4.79 Å². The average molecular weight is 331 g/mol. The largest absolute Gasteiger partial charge is 0.454 e. The quantitative estimate of drug-likeness (QED) is 0.769. The van der Waals surface area contributed by atoms with Crippen LogP contribution in [0.15, 0.2) is 24.3 Å². The van der Waals surface area contributed by atoms with Gasteiger partial charge in [0.25, 0.3) is 0 Å². The van der Waals surface area contributed by atoms with Crippen LogP contribution in [0.4, 0.5) is 0 Å². The molecule has 1 aromatic rings. The van der Waals surface area contributed by atoms with Gasteiger partial charge in [0, 0.05) is 31.7 Å². The molecular formula is C18H21NO5. The lowest BCUT2D eigenvalue weighted by atomic mass is 10.1. The third-order valence-corrected chi connectivity index (χ3v) is 4.57. The second kappa shape index (κ2) is 6.83. The monoisotopic (exact) mass is 331 g/mol. The molecule has 0 radical (unpaired) electrons. The smallest absolute Gasteiger partial charge is 0.246 e. The van der Waals surface area contributed by atoms with Crippen molar-refractivity contribution >= 4 is 12.0 Å². The summed E-state index contributed by atoms with van der Waals surface area (Å²) in [6.45, 7) is 3.96. The first-order chi connectivity index (χ1) is 11.8. The first-order valence-corrected chi connectivity index (χ1v) is 8.34. The van der Waals surface area contributed by atoms with Crippen LogP contribution in [0.25, 0.3) is 6.08 Å². The Balaban J connectivity index is 1.22. The molecule has 6 heteroatoms. The van der Waals surface area contributed by atoms with Crippen LogP contribution in [-0.2, 0) is 14.3 Å². The summed E-state index contributed by atoms with van der Waals surface area (Å²) in [5.41, 5.74) is 0.919. The van der Waals surface area contributed by atoms with E-state index in [4.69, 9.17) is 18.9 Å². The summed E-state index contributed by atoms with van der Waals surface area (Å²) in [5.74, 6) is 1.99. The van der Waals surface area contributed by atoms with Crippen molar-refractivity contribution in [3.63, 3.8) is 0 Å². The van der Waals surface area contributed by atoms with Crippen molar-refractivity contribution in [3.05, 3.63) is 29.8 Å². The van der Waals surface area contributed by atoms with Gasteiger partial charge in [0.15, 0.2) is 11.5 Å². The van der Waals surface area contributed by atoms with E-state index in [1.54, 1.807) is 17.1 Å². The fourth-order valence-corrected chi connectivity index (χ4v) is 3.00. The molecule has 6 nitrogen and oxygen atoms in total. The molecule has 0 N–H and O–H groups in total. The van der Waals surface area contributed by atoms with Crippen molar-refractivity contribution in [1.29, 1.82) is 0 Å². The Morgan fingerprint density at radius 1 is 1.29 bits per heavy atom. The van der Waals surface area contributed by atoms with Crippen LogP contribution in [0.3, 0.4) is 0 Å². The van der Waals surface area contributed by atoms with E-state index in [0.717, 1.165) is 43.3 Å². The molecule has 1 unspecified atom stereocenters. The minimum absolute atomic E-state index is 0.0108. The van der Waals surface area contributed by atoms with Crippen molar-refractivity contribution in [2.75, 3.05) is 39.7 Å². The van der Waals surface area contributed by atoms with Crippen molar-refractivity contribution in [2.24, 2.45) is 5.92 Å². The third-order valence-electron chi connectivity index (χ3n) is 4.57. The topological polar surface area (TPSA) is 57.2 Å². The molecule has 24 heavy (non-hydrogen) atoms. The van der Waals surface area contributed by atoms with Gasteiger partial charge in [0.1, 0.15) is 0 Å². The molecule has 1 atom stereocenters. The standard InChI is InChI=1S/C18H21NO5/c20-18(4-2-13-1-3-16-17(7-13)24-12-23-16)19-8-15(9-19)22-11-14-5-6-21-10-14/h1-4,7,14-15H,5-6,8-12H2/b4-2+. The van der Waals surface area contributed by atoms with Gasteiger partial charge in [-0.2, -0.15) is 0 Å². The number of benzene rings is 1. The predicted octanol–water partition coefficient (Wildman–Crippen LogP) is 1.69. The van der Waals surface area contributed by atoms with Gasteiger partial charge in [-0.05, 0) is 30.2 Å². The zero-order valence-corrected chi connectivity index (χ0v) is 13.5. The second-order valence-electron chi connectivity index (χ2n) is 6.37. The summed E-state index contributed by atoms with van der Waals surface area (Å²) in [4.78, 5) is 13.9. The maximum atomic E-state index is 12.1. The minimum Gasteiger partial charge on any atom is -0.454 e. The molecule has 2 saturated heterocycles. The predicted molar refractivity (Wildman–Crippen MR) is 86.8 cm³/mol. The van der Waals surface area contributed by atoms with Crippen molar-refractivity contribution < 1.29 is 23.7 Å². The van der Waals surface area contributed by atoms with Crippen LogP contribution in [0, 0.1) is 5.92 Å². The summed E-state index contributed by atoms with van der Waals surface area (Å²) in [5, 5.41) is 0. The number of hydrogen-bond donors (Lipinski definition) is 0. The first-order valence-electron chi connectivity index (χ1n) is 8.34. The molecule has 0 aromatic heterocycles. The fraction of sp³-hybridized carbons (Fsp3) is 0.500. The fourth-order valence-electron chi connectivity index (χ4n) is 3.00. The normalized spacial score (nSPS) is 23.0. The summed E-state index contributed by atoms with van der Waals surface area (Å²) < 4.78 is 21.8. The molecular weight excluding hydrogens is 310 g/mol. The molecule has 0 saturated carbocycles. The lowest BCUT2D eigenvalue weighted by molar-refractivity contribution is -0.140. The Hall–Kier alpha value is -2.05. The Morgan fingerprint density at radius 3 is 3.00 bits per heavy atom. The van der Waals surface area contributed by atoms with E-state index in [1.807, 2.05) is 18.2 Å². The molecule has 3 heterocycles. The number of carbonyl (C=O) groups excluding carboxylic acids is 1. The van der Waals surface area contributed by atoms with Gasteiger partial charge in [-0.25, -0.2) is 0 Å². The van der Waals surface area contributed by atoms with Gasteiger partial charge in [-0.3, -0.25) is 4.79 Å². The summed E-state index contributed by atoms with van der Waals surface area (Å²) in [6.07, 6.45) is 4.63. The van der Waals surface area contributed by atoms with Gasteiger partial charge in [-0.15, -0.1) is 0 Å². The first kappa shape index (κ1) is 15.5. The highest BCUT2D eigenvalue weighted by Crippen LogP contribution is 2.32. The van der Waals surface area contributed by atoms with Crippen molar-refractivity contribution in [2.45, 2.75) is 12.5 Å². The highest BCUT2D eigenvalue weighted by atomic mass is 16.7. The van der Waals surface area contributed by atoms with Crippen LogP contribution in [0.1, 0.15) is 12.0 Å². The number of ether oxygens (including phenoxy) is 4. The number of fused-ring (bicyclic) bond motifs is 1. The summed E-state index contributed by atoms with van der Waals surface area (Å²) in [6, 6.07) is 5.63. The number of carbonyl (C=O) groups is 1. The van der Waals surface area contributed by atoms with Gasteiger partial charge >= 0.3 is 0 Å². The Kier molecular flexibility index (Phi) is 4.40. The third kappa shape index (κ3) is 3.39. The van der Waals surface area contributed by atoms with E-state index >= 15 is 0 Å². The molecule has 0 bridgehead atoms. The molecule has 4 rings (SSSR count). The van der Waals surface area contributed by atoms with Gasteiger partial charge < -0.3 is 23.8 Å². The summed E-state index contributed by atoms with van der Waals surface area (Å²) in [7, 11) is 0. The number of hydrogen-bond acceptors (Lipinski definition) is 5. The maximum Gasteiger partial charge on any atom is 0.246 e. The van der Waals surface area contributed by atoms with Crippen molar-refractivity contribution in [3.8, 4) is 11.5 Å². The van der Waals surface area contributed by atoms with Crippen LogP contribution < -0.4 is 9.47 Å². The molecule has 0 spiro atoms. The Morgan fingerprint density at radius 2 is 2.17 bits per heavy atom. The van der Waals surface area contributed by atoms with E-state index in [2.05, 4.69) is 0 Å².